The molecule has 0 saturated heterocycles. The van der Waals surface area contributed by atoms with E-state index in [1.807, 2.05) is 40.7 Å². The predicted molar refractivity (Wildman–Crippen MR) is 127 cm³/mol. The monoisotopic (exact) mass is 468 g/mol. The van der Waals surface area contributed by atoms with Crippen molar-refractivity contribution in [3.63, 3.8) is 0 Å². The van der Waals surface area contributed by atoms with Gasteiger partial charge in [0.25, 0.3) is 0 Å². The van der Waals surface area contributed by atoms with Gasteiger partial charge in [0.05, 0.1) is 17.2 Å². The van der Waals surface area contributed by atoms with Gasteiger partial charge in [0.1, 0.15) is 29.7 Å². The maximum absolute atomic E-state index is 12.0. The molecular formula is C26H41ClO5. The van der Waals surface area contributed by atoms with Crippen molar-refractivity contribution in [2.45, 2.75) is 121 Å². The summed E-state index contributed by atoms with van der Waals surface area (Å²) in [5.74, 6) is 0.616. The number of fused-ring (bicyclic) bond motifs is 1. The number of aliphatic hydroxyl groups is 3. The number of rotatable bonds is 7. The fourth-order valence-corrected chi connectivity index (χ4v) is 5.95. The lowest BCUT2D eigenvalue weighted by Crippen LogP contribution is -2.69. The minimum absolute atomic E-state index is 0.106. The van der Waals surface area contributed by atoms with Crippen molar-refractivity contribution >= 4 is 11.6 Å². The molecule has 0 unspecified atom stereocenters. The van der Waals surface area contributed by atoms with Gasteiger partial charge in [0.15, 0.2) is 0 Å². The fraction of sp³-hybridized carbons (Fsp3) is 0.769. The molecule has 0 aliphatic heterocycles. The van der Waals surface area contributed by atoms with E-state index in [0.29, 0.717) is 18.6 Å². The minimum atomic E-state index is -1.38. The van der Waals surface area contributed by atoms with Crippen molar-refractivity contribution in [2.75, 3.05) is 0 Å². The van der Waals surface area contributed by atoms with Crippen molar-refractivity contribution in [1.82, 2.24) is 0 Å². The Kier molecular flexibility index (Phi) is 7.59. The largest absolute Gasteiger partial charge is 0.466 e. The first-order chi connectivity index (χ1) is 14.9. The van der Waals surface area contributed by atoms with Crippen molar-refractivity contribution in [1.29, 1.82) is 0 Å². The molecule has 32 heavy (non-hydrogen) atoms. The van der Waals surface area contributed by atoms with Crippen LogP contribution >= 0.6 is 11.6 Å². The molecule has 1 aromatic heterocycles. The molecule has 0 spiro atoms. The summed E-state index contributed by atoms with van der Waals surface area (Å²) in [6.07, 6.45) is 7.62. The van der Waals surface area contributed by atoms with Crippen molar-refractivity contribution < 1.29 is 24.5 Å². The predicted octanol–water partition coefficient (Wildman–Crippen LogP) is 5.23. The number of alkyl halides is 1. The number of hydrogen-bond donors (Lipinski definition) is 3. The summed E-state index contributed by atoms with van der Waals surface area (Å²) in [6.45, 7) is 11.7. The maximum Gasteiger partial charge on any atom is 0.132 e. The molecule has 0 bridgehead atoms. The quantitative estimate of drug-likeness (QED) is 0.377. The van der Waals surface area contributed by atoms with E-state index in [9.17, 15) is 15.3 Å². The number of unbranched alkanes of at least 4 members (excludes halogenated alkanes) is 1. The van der Waals surface area contributed by atoms with E-state index in [1.54, 1.807) is 6.26 Å². The lowest BCUT2D eigenvalue weighted by molar-refractivity contribution is -0.240. The molecule has 1 fully saturated rings. The van der Waals surface area contributed by atoms with Gasteiger partial charge < -0.3 is 24.5 Å². The van der Waals surface area contributed by atoms with E-state index >= 15 is 0 Å². The van der Waals surface area contributed by atoms with Crippen molar-refractivity contribution in [3.8, 4) is 0 Å². The summed E-state index contributed by atoms with van der Waals surface area (Å²) >= 11 is 6.78. The third kappa shape index (κ3) is 4.56. The molecule has 2 aliphatic carbocycles. The summed E-state index contributed by atoms with van der Waals surface area (Å²) in [6, 6.07) is 0. The van der Waals surface area contributed by atoms with Crippen LogP contribution in [0, 0.1) is 5.92 Å². The van der Waals surface area contributed by atoms with E-state index in [1.165, 1.54) is 0 Å². The van der Waals surface area contributed by atoms with Crippen molar-refractivity contribution in [3.05, 3.63) is 34.8 Å². The van der Waals surface area contributed by atoms with Gasteiger partial charge in [-0.3, -0.25) is 0 Å². The first kappa shape index (κ1) is 25.8. The molecule has 0 aromatic carbocycles. The zero-order valence-corrected chi connectivity index (χ0v) is 21.2. The highest BCUT2D eigenvalue weighted by atomic mass is 35.5. The van der Waals surface area contributed by atoms with Crippen LogP contribution in [-0.4, -0.2) is 43.6 Å². The molecule has 1 heterocycles. The summed E-state index contributed by atoms with van der Waals surface area (Å²) in [5.41, 5.74) is -0.152. The molecule has 5 atom stereocenters. The molecule has 182 valence electrons. The standard InChI is InChI=1S/C26H41ClO5/c1-7-8-9-19-20(15-31-21(19)14-28)17-10-11-25(29)18(12-17)13-22(27)26(30,16(2)3)23(25)32-24(4,5)6/h13,15-17,22-23,28-30H,7-12,14H2,1-6H3/t17-,22-,23+,25+,26+/m1/s1. The Morgan fingerprint density at radius 1 is 1.28 bits per heavy atom. The Morgan fingerprint density at radius 3 is 2.53 bits per heavy atom. The highest BCUT2D eigenvalue weighted by Gasteiger charge is 2.61. The summed E-state index contributed by atoms with van der Waals surface area (Å²) in [7, 11) is 0. The molecule has 5 nitrogen and oxygen atoms in total. The maximum atomic E-state index is 12.0. The molecular weight excluding hydrogens is 428 g/mol. The van der Waals surface area contributed by atoms with Crippen LogP contribution in [0.2, 0.25) is 0 Å². The van der Waals surface area contributed by atoms with Gasteiger partial charge in [-0.15, -0.1) is 11.6 Å². The Labute approximate surface area is 197 Å². The van der Waals surface area contributed by atoms with E-state index in [0.717, 1.165) is 42.4 Å². The Morgan fingerprint density at radius 2 is 1.97 bits per heavy atom. The molecule has 1 aromatic rings. The van der Waals surface area contributed by atoms with Crippen LogP contribution in [-0.2, 0) is 17.8 Å². The molecule has 1 saturated carbocycles. The SMILES string of the molecule is CCCCc1c([C@@H]2CC[C@]3(O)C(=C[C@@H](Cl)[C@@](O)(C(C)C)[C@H]3OC(C)(C)C)C2)coc1CO. The number of hydrogen-bond acceptors (Lipinski definition) is 5. The van der Waals surface area contributed by atoms with E-state index in [-0.39, 0.29) is 18.4 Å². The molecule has 6 heteroatoms. The van der Waals surface area contributed by atoms with Crippen LogP contribution in [0.5, 0.6) is 0 Å². The zero-order valence-electron chi connectivity index (χ0n) is 20.4. The lowest BCUT2D eigenvalue weighted by atomic mass is 9.60. The van der Waals surface area contributed by atoms with Gasteiger partial charge in [-0.05, 0) is 81.4 Å². The van der Waals surface area contributed by atoms with Crippen LogP contribution in [0.4, 0.5) is 0 Å². The highest BCUT2D eigenvalue weighted by Crippen LogP contribution is 2.53. The molecule has 2 aliphatic rings. The average molecular weight is 469 g/mol. The van der Waals surface area contributed by atoms with E-state index in [2.05, 4.69) is 6.92 Å². The van der Waals surface area contributed by atoms with Gasteiger partial charge in [-0.1, -0.05) is 33.3 Å². The van der Waals surface area contributed by atoms with Crippen LogP contribution in [0.3, 0.4) is 0 Å². The van der Waals surface area contributed by atoms with Gasteiger partial charge in [-0.25, -0.2) is 0 Å². The van der Waals surface area contributed by atoms with Gasteiger partial charge in [-0.2, -0.15) is 0 Å². The van der Waals surface area contributed by atoms with Gasteiger partial charge in [0, 0.05) is 0 Å². The topological polar surface area (TPSA) is 83.1 Å². The molecule has 3 N–H and O–H groups in total. The number of aliphatic hydroxyl groups excluding tert-OH is 1. The summed E-state index contributed by atoms with van der Waals surface area (Å²) in [4.78, 5) is 0. The Hall–Kier alpha value is -0.850. The van der Waals surface area contributed by atoms with Crippen LogP contribution in [0.25, 0.3) is 0 Å². The fourth-order valence-electron chi connectivity index (χ4n) is 5.43. The third-order valence-electron chi connectivity index (χ3n) is 7.31. The summed E-state index contributed by atoms with van der Waals surface area (Å²) in [5, 5.41) is 32.7. The average Bonchev–Trinajstić information content (AvgIpc) is 3.12. The number of furan rings is 1. The number of ether oxygens (including phenoxy) is 1. The van der Waals surface area contributed by atoms with E-state index < -0.39 is 28.3 Å². The normalized spacial score (nSPS) is 33.3. The number of halogens is 1. The molecule has 3 rings (SSSR count). The first-order valence-electron chi connectivity index (χ1n) is 12.1. The van der Waals surface area contributed by atoms with Crippen LogP contribution in [0.15, 0.2) is 22.3 Å². The van der Waals surface area contributed by atoms with Gasteiger partial charge in [0.2, 0.25) is 0 Å². The summed E-state index contributed by atoms with van der Waals surface area (Å²) < 4.78 is 12.1. The second kappa shape index (κ2) is 9.42. The zero-order chi connectivity index (χ0) is 23.9. The van der Waals surface area contributed by atoms with Crippen LogP contribution < -0.4 is 0 Å². The second-order valence-corrected chi connectivity index (χ2v) is 11.4. The Balaban J connectivity index is 1.99. The first-order valence-corrected chi connectivity index (χ1v) is 12.5. The van der Waals surface area contributed by atoms with Gasteiger partial charge >= 0.3 is 0 Å². The smallest absolute Gasteiger partial charge is 0.132 e. The van der Waals surface area contributed by atoms with Crippen molar-refractivity contribution in [2.24, 2.45) is 5.92 Å². The molecule has 0 amide bonds. The third-order valence-corrected chi connectivity index (χ3v) is 7.79. The van der Waals surface area contributed by atoms with E-state index in [4.69, 9.17) is 20.8 Å². The van der Waals surface area contributed by atoms with Crippen LogP contribution in [0.1, 0.15) is 96.5 Å². The highest BCUT2D eigenvalue weighted by molar-refractivity contribution is 6.23. The lowest BCUT2D eigenvalue weighted by Gasteiger charge is -2.56. The Bertz CT molecular complexity index is 823. The second-order valence-electron chi connectivity index (χ2n) is 11.0. The molecule has 0 radical (unpaired) electrons. The minimum Gasteiger partial charge on any atom is -0.466 e.